The quantitative estimate of drug-likeness (QED) is 0.581. The molecular weight excluding hydrogens is 431 g/mol. The van der Waals surface area contributed by atoms with Gasteiger partial charge in [0.1, 0.15) is 18.2 Å². The third-order valence-electron chi connectivity index (χ3n) is 4.29. The summed E-state index contributed by atoms with van der Waals surface area (Å²) in [6.45, 7) is 0.0958. The molecule has 0 saturated heterocycles. The average Bonchev–Trinajstić information content (AvgIpc) is 3.27. The summed E-state index contributed by atoms with van der Waals surface area (Å²) in [5.74, 6) is -0.662. The van der Waals surface area contributed by atoms with Gasteiger partial charge < -0.3 is 24.2 Å². The summed E-state index contributed by atoms with van der Waals surface area (Å²) in [5.41, 5.74) is 1.58. The molecule has 9 nitrogen and oxygen atoms in total. The SMILES string of the molecule is COc1cc(-c2noc(C(F)(F)F)n2)ccc1CNC(=O)OCc1cccnc1N(C)C. The van der Waals surface area contributed by atoms with Crippen molar-refractivity contribution in [1.29, 1.82) is 0 Å². The number of hydrogen-bond acceptors (Lipinski definition) is 8. The molecule has 0 unspecified atom stereocenters. The molecule has 12 heteroatoms. The molecule has 0 fully saturated rings. The van der Waals surface area contributed by atoms with E-state index in [0.29, 0.717) is 17.1 Å². The van der Waals surface area contributed by atoms with E-state index >= 15 is 0 Å². The van der Waals surface area contributed by atoms with Crippen molar-refractivity contribution in [3.63, 3.8) is 0 Å². The number of pyridine rings is 1. The van der Waals surface area contributed by atoms with Crippen LogP contribution in [0.25, 0.3) is 11.4 Å². The molecule has 0 aliphatic rings. The third kappa shape index (κ3) is 5.45. The number of carbonyl (C=O) groups is 1. The van der Waals surface area contributed by atoms with Crippen LogP contribution in [0.1, 0.15) is 17.0 Å². The van der Waals surface area contributed by atoms with Crippen LogP contribution in [-0.2, 0) is 24.1 Å². The van der Waals surface area contributed by atoms with Crippen LogP contribution in [0, 0.1) is 0 Å². The number of methoxy groups -OCH3 is 1. The molecule has 0 atom stereocenters. The molecule has 1 aromatic carbocycles. The average molecular weight is 451 g/mol. The van der Waals surface area contributed by atoms with Crippen molar-refractivity contribution < 1.29 is 32.0 Å². The van der Waals surface area contributed by atoms with Crippen LogP contribution < -0.4 is 15.0 Å². The van der Waals surface area contributed by atoms with Gasteiger partial charge in [-0.15, -0.1) is 0 Å². The first-order valence-corrected chi connectivity index (χ1v) is 9.29. The molecule has 3 rings (SSSR count). The number of nitrogens with one attached hydrogen (secondary N) is 1. The van der Waals surface area contributed by atoms with Crippen molar-refractivity contribution >= 4 is 11.9 Å². The predicted octanol–water partition coefficient (Wildman–Crippen LogP) is 3.65. The monoisotopic (exact) mass is 451 g/mol. The Hall–Kier alpha value is -3.83. The Morgan fingerprint density at radius 3 is 2.66 bits per heavy atom. The third-order valence-corrected chi connectivity index (χ3v) is 4.29. The number of alkyl halides is 3. The maximum atomic E-state index is 12.7. The van der Waals surface area contributed by atoms with Gasteiger partial charge in [0.15, 0.2) is 0 Å². The minimum Gasteiger partial charge on any atom is -0.496 e. The van der Waals surface area contributed by atoms with Gasteiger partial charge in [0, 0.05) is 43.5 Å². The summed E-state index contributed by atoms with van der Waals surface area (Å²) >= 11 is 0. The fourth-order valence-corrected chi connectivity index (χ4v) is 2.79. The van der Waals surface area contributed by atoms with Crippen LogP contribution in [0.4, 0.5) is 23.8 Å². The number of rotatable bonds is 7. The smallest absolute Gasteiger partial charge is 0.471 e. The maximum absolute atomic E-state index is 12.7. The van der Waals surface area contributed by atoms with E-state index < -0.39 is 18.2 Å². The molecular formula is C20H20F3N5O4. The lowest BCUT2D eigenvalue weighted by Gasteiger charge is -2.16. The second-order valence-electron chi connectivity index (χ2n) is 6.76. The summed E-state index contributed by atoms with van der Waals surface area (Å²) in [6.07, 6.45) is -3.74. The fraction of sp³-hybridized carbons (Fsp3) is 0.300. The highest BCUT2D eigenvalue weighted by molar-refractivity contribution is 5.68. The largest absolute Gasteiger partial charge is 0.496 e. The number of amides is 1. The number of ether oxygens (including phenoxy) is 2. The van der Waals surface area contributed by atoms with Gasteiger partial charge in [0.05, 0.1) is 7.11 Å². The van der Waals surface area contributed by atoms with Gasteiger partial charge >= 0.3 is 18.2 Å². The number of nitrogens with zero attached hydrogens (tertiary/aromatic N) is 4. The molecule has 0 saturated carbocycles. The van der Waals surface area contributed by atoms with Crippen molar-refractivity contribution in [3.05, 3.63) is 53.5 Å². The summed E-state index contributed by atoms with van der Waals surface area (Å²) in [6, 6.07) is 8.07. The van der Waals surface area contributed by atoms with Crippen molar-refractivity contribution in [2.45, 2.75) is 19.3 Å². The number of alkyl carbamates (subject to hydrolysis) is 1. The van der Waals surface area contributed by atoms with Gasteiger partial charge in [-0.25, -0.2) is 9.78 Å². The standard InChI is InChI=1S/C20H20F3N5O4/c1-28(2)17-14(5-4-8-24-17)11-31-19(29)25-10-13-7-6-12(9-15(13)30-3)16-26-18(32-27-16)20(21,22)23/h4-9H,10-11H2,1-3H3,(H,25,29). The first-order valence-electron chi connectivity index (χ1n) is 9.29. The van der Waals surface area contributed by atoms with E-state index in [2.05, 4.69) is 25.0 Å². The summed E-state index contributed by atoms with van der Waals surface area (Å²) in [5, 5.41) is 5.95. The van der Waals surface area contributed by atoms with Gasteiger partial charge in [-0.3, -0.25) is 0 Å². The number of hydrogen-bond donors (Lipinski definition) is 1. The number of carbonyl (C=O) groups excluding carboxylic acids is 1. The van der Waals surface area contributed by atoms with Gasteiger partial charge in [0.25, 0.3) is 0 Å². The maximum Gasteiger partial charge on any atom is 0.471 e. The molecule has 3 aromatic rings. The van der Waals surface area contributed by atoms with E-state index in [1.165, 1.54) is 19.2 Å². The van der Waals surface area contributed by atoms with Crippen LogP contribution in [0.2, 0.25) is 0 Å². The van der Waals surface area contributed by atoms with Gasteiger partial charge in [-0.2, -0.15) is 18.2 Å². The number of anilines is 1. The lowest BCUT2D eigenvalue weighted by atomic mass is 10.1. The first-order chi connectivity index (χ1) is 15.2. The fourth-order valence-electron chi connectivity index (χ4n) is 2.79. The molecule has 1 N–H and O–H groups in total. The van der Waals surface area contributed by atoms with E-state index in [-0.39, 0.29) is 24.5 Å². The number of halogens is 3. The van der Waals surface area contributed by atoms with Gasteiger partial charge in [-0.1, -0.05) is 23.4 Å². The van der Waals surface area contributed by atoms with Gasteiger partial charge in [0.2, 0.25) is 5.82 Å². The predicted molar refractivity (Wildman–Crippen MR) is 107 cm³/mol. The van der Waals surface area contributed by atoms with Crippen molar-refractivity contribution in [3.8, 4) is 17.1 Å². The van der Waals surface area contributed by atoms with Crippen LogP contribution in [0.3, 0.4) is 0 Å². The van der Waals surface area contributed by atoms with E-state index in [9.17, 15) is 18.0 Å². The molecule has 0 radical (unpaired) electrons. The highest BCUT2D eigenvalue weighted by Crippen LogP contribution is 2.31. The van der Waals surface area contributed by atoms with E-state index in [4.69, 9.17) is 9.47 Å². The van der Waals surface area contributed by atoms with Crippen LogP contribution in [0.5, 0.6) is 5.75 Å². The van der Waals surface area contributed by atoms with Crippen LogP contribution >= 0.6 is 0 Å². The minimum atomic E-state index is -4.73. The molecule has 0 bridgehead atoms. The zero-order valence-corrected chi connectivity index (χ0v) is 17.4. The normalized spacial score (nSPS) is 11.2. The van der Waals surface area contributed by atoms with E-state index in [0.717, 1.165) is 5.56 Å². The first kappa shape index (κ1) is 22.8. The Morgan fingerprint density at radius 2 is 2.00 bits per heavy atom. The Bertz CT molecular complexity index is 1090. The van der Waals surface area contributed by atoms with E-state index in [1.807, 2.05) is 19.0 Å². The topological polar surface area (TPSA) is 103 Å². The second kappa shape index (κ2) is 9.54. The molecule has 170 valence electrons. The molecule has 1 amide bonds. The second-order valence-corrected chi connectivity index (χ2v) is 6.76. The zero-order chi connectivity index (χ0) is 23.3. The Balaban J connectivity index is 1.63. The molecule has 2 aromatic heterocycles. The number of benzene rings is 1. The minimum absolute atomic E-state index is 0.0304. The Labute approximate surface area is 181 Å². The lowest BCUT2D eigenvalue weighted by Crippen LogP contribution is -2.24. The lowest BCUT2D eigenvalue weighted by molar-refractivity contribution is -0.159. The molecule has 0 aliphatic carbocycles. The van der Waals surface area contributed by atoms with Crippen LogP contribution in [0.15, 0.2) is 41.1 Å². The molecule has 2 heterocycles. The van der Waals surface area contributed by atoms with Gasteiger partial charge in [-0.05, 0) is 12.1 Å². The highest BCUT2D eigenvalue weighted by atomic mass is 19.4. The van der Waals surface area contributed by atoms with Crippen molar-refractivity contribution in [2.24, 2.45) is 0 Å². The number of aromatic nitrogens is 3. The summed E-state index contributed by atoms with van der Waals surface area (Å²) in [4.78, 5) is 21.5. The molecule has 0 aliphatic heterocycles. The summed E-state index contributed by atoms with van der Waals surface area (Å²) in [7, 11) is 5.06. The Morgan fingerprint density at radius 1 is 1.22 bits per heavy atom. The zero-order valence-electron chi connectivity index (χ0n) is 17.4. The highest BCUT2D eigenvalue weighted by Gasteiger charge is 2.38. The molecule has 0 spiro atoms. The van der Waals surface area contributed by atoms with Crippen molar-refractivity contribution in [2.75, 3.05) is 26.1 Å². The summed E-state index contributed by atoms with van der Waals surface area (Å²) < 4.78 is 52.7. The molecule has 32 heavy (non-hydrogen) atoms. The van der Waals surface area contributed by atoms with Crippen LogP contribution in [-0.4, -0.2) is 42.4 Å². The van der Waals surface area contributed by atoms with E-state index in [1.54, 1.807) is 24.4 Å². The Kier molecular flexibility index (Phi) is 6.81. The van der Waals surface area contributed by atoms with Crippen molar-refractivity contribution in [1.82, 2.24) is 20.4 Å².